The van der Waals surface area contributed by atoms with Crippen molar-refractivity contribution in [2.45, 2.75) is 19.4 Å². The van der Waals surface area contributed by atoms with Gasteiger partial charge in [0.1, 0.15) is 5.54 Å². The van der Waals surface area contributed by atoms with Gasteiger partial charge in [-0.3, -0.25) is 9.59 Å². The molecule has 17 heavy (non-hydrogen) atoms. The summed E-state index contributed by atoms with van der Waals surface area (Å²) in [7, 11) is 0. The third-order valence-corrected chi connectivity index (χ3v) is 2.99. The summed E-state index contributed by atoms with van der Waals surface area (Å²) < 4.78 is 0.627. The van der Waals surface area contributed by atoms with E-state index in [0.29, 0.717) is 15.7 Å². The molecule has 0 aliphatic heterocycles. The minimum atomic E-state index is -1.09. The first-order valence-electron chi connectivity index (χ1n) is 4.91. The highest BCUT2D eigenvalue weighted by Crippen LogP contribution is 2.20. The maximum Gasteiger partial charge on any atom is 0.252 e. The van der Waals surface area contributed by atoms with Gasteiger partial charge < -0.3 is 16.8 Å². The summed E-state index contributed by atoms with van der Waals surface area (Å²) in [5.41, 5.74) is 10.6. The minimum Gasteiger partial charge on any atom is -0.398 e. The van der Waals surface area contributed by atoms with Crippen molar-refractivity contribution in [1.82, 2.24) is 5.32 Å². The third kappa shape index (κ3) is 3.20. The first-order chi connectivity index (χ1) is 7.74. The van der Waals surface area contributed by atoms with Crippen LogP contribution in [0.25, 0.3) is 0 Å². The molecule has 1 rings (SSSR count). The average molecular weight is 300 g/mol. The lowest BCUT2D eigenvalue weighted by Gasteiger charge is -2.22. The number of primary amides is 1. The van der Waals surface area contributed by atoms with Gasteiger partial charge in [-0.25, -0.2) is 0 Å². The number of benzene rings is 1. The van der Waals surface area contributed by atoms with Crippen LogP contribution < -0.4 is 16.8 Å². The fourth-order valence-corrected chi connectivity index (χ4v) is 1.46. The summed E-state index contributed by atoms with van der Waals surface area (Å²) >= 11 is 3.23. The molecule has 5 N–H and O–H groups in total. The number of hydrogen-bond donors (Lipinski definition) is 3. The van der Waals surface area contributed by atoms with Crippen LogP contribution in [-0.4, -0.2) is 17.4 Å². The van der Waals surface area contributed by atoms with Crippen molar-refractivity contribution in [3.63, 3.8) is 0 Å². The van der Waals surface area contributed by atoms with E-state index in [1.165, 1.54) is 0 Å². The van der Waals surface area contributed by atoms with Crippen molar-refractivity contribution in [2.75, 3.05) is 5.73 Å². The van der Waals surface area contributed by atoms with E-state index in [-0.39, 0.29) is 5.91 Å². The normalized spacial score (nSPS) is 11.0. The Bertz CT molecular complexity index is 472. The molecule has 0 spiro atoms. The third-order valence-electron chi connectivity index (χ3n) is 2.30. The van der Waals surface area contributed by atoms with E-state index in [1.807, 2.05) is 0 Å². The standard InChI is InChI=1S/C11H14BrN3O2/c1-11(2,10(14)17)15-9(16)6-3-4-8(13)7(12)5-6/h3-5H,13H2,1-2H3,(H2,14,17)(H,15,16). The summed E-state index contributed by atoms with van der Waals surface area (Å²) in [5.74, 6) is -0.977. The van der Waals surface area contributed by atoms with Crippen LogP contribution in [0.3, 0.4) is 0 Å². The SMILES string of the molecule is CC(C)(NC(=O)c1ccc(N)c(Br)c1)C(N)=O. The molecular formula is C11H14BrN3O2. The monoisotopic (exact) mass is 299 g/mol. The molecule has 0 aliphatic carbocycles. The fourth-order valence-electron chi connectivity index (χ4n) is 1.09. The second-order valence-electron chi connectivity index (χ2n) is 4.18. The first-order valence-corrected chi connectivity index (χ1v) is 5.71. The molecule has 1 aromatic rings. The van der Waals surface area contributed by atoms with E-state index < -0.39 is 11.4 Å². The van der Waals surface area contributed by atoms with Gasteiger partial charge in [-0.1, -0.05) is 0 Å². The van der Waals surface area contributed by atoms with Crippen LogP contribution in [0.5, 0.6) is 0 Å². The summed E-state index contributed by atoms with van der Waals surface area (Å²) in [5, 5.41) is 2.54. The molecule has 0 saturated heterocycles. The van der Waals surface area contributed by atoms with Crippen LogP contribution in [0.2, 0.25) is 0 Å². The Morgan fingerprint density at radius 2 is 1.94 bits per heavy atom. The number of amides is 2. The molecule has 92 valence electrons. The van der Waals surface area contributed by atoms with Crippen LogP contribution >= 0.6 is 15.9 Å². The molecule has 0 saturated carbocycles. The van der Waals surface area contributed by atoms with E-state index in [9.17, 15) is 9.59 Å². The van der Waals surface area contributed by atoms with Crippen molar-refractivity contribution >= 4 is 33.4 Å². The predicted octanol–water partition coefficient (Wildman–Crippen LogP) is 1.03. The highest BCUT2D eigenvalue weighted by atomic mass is 79.9. The van der Waals surface area contributed by atoms with Gasteiger partial charge in [-0.2, -0.15) is 0 Å². The Morgan fingerprint density at radius 3 is 2.41 bits per heavy atom. The number of nitrogens with two attached hydrogens (primary N) is 2. The predicted molar refractivity (Wildman–Crippen MR) is 69.3 cm³/mol. The molecule has 0 aliphatic rings. The Hall–Kier alpha value is -1.56. The zero-order valence-corrected chi connectivity index (χ0v) is 11.2. The van der Waals surface area contributed by atoms with Gasteiger partial charge in [0.15, 0.2) is 0 Å². The molecule has 0 heterocycles. The number of rotatable bonds is 3. The van der Waals surface area contributed by atoms with E-state index in [4.69, 9.17) is 11.5 Å². The van der Waals surface area contributed by atoms with Crippen LogP contribution in [0.15, 0.2) is 22.7 Å². The maximum atomic E-state index is 11.8. The van der Waals surface area contributed by atoms with Crippen LogP contribution in [0.1, 0.15) is 24.2 Å². The molecule has 0 atom stereocenters. The van der Waals surface area contributed by atoms with Gasteiger partial charge in [-0.05, 0) is 48.0 Å². The van der Waals surface area contributed by atoms with Gasteiger partial charge in [0.25, 0.3) is 5.91 Å². The second-order valence-corrected chi connectivity index (χ2v) is 5.03. The fraction of sp³-hybridized carbons (Fsp3) is 0.273. The molecule has 0 radical (unpaired) electrons. The van der Waals surface area contributed by atoms with Crippen LogP contribution in [-0.2, 0) is 4.79 Å². The highest BCUT2D eigenvalue weighted by Gasteiger charge is 2.27. The molecule has 2 amide bonds. The molecule has 1 aromatic carbocycles. The molecule has 0 aromatic heterocycles. The Balaban J connectivity index is 2.91. The Labute approximate surface area is 108 Å². The number of carbonyl (C=O) groups is 2. The lowest BCUT2D eigenvalue weighted by atomic mass is 10.0. The first kappa shape index (κ1) is 13.5. The van der Waals surface area contributed by atoms with Crippen molar-refractivity contribution in [3.8, 4) is 0 Å². The van der Waals surface area contributed by atoms with E-state index in [1.54, 1.807) is 32.0 Å². The van der Waals surface area contributed by atoms with Crippen molar-refractivity contribution in [1.29, 1.82) is 0 Å². The summed E-state index contributed by atoms with van der Waals surface area (Å²) in [6.07, 6.45) is 0. The summed E-state index contributed by atoms with van der Waals surface area (Å²) in [6, 6.07) is 4.77. The van der Waals surface area contributed by atoms with Crippen molar-refractivity contribution in [2.24, 2.45) is 5.73 Å². The number of anilines is 1. The Morgan fingerprint density at radius 1 is 1.35 bits per heavy atom. The second kappa shape index (κ2) is 4.75. The molecule has 0 fully saturated rings. The van der Waals surface area contributed by atoms with Crippen molar-refractivity contribution in [3.05, 3.63) is 28.2 Å². The summed E-state index contributed by atoms with van der Waals surface area (Å²) in [6.45, 7) is 3.08. The van der Waals surface area contributed by atoms with Gasteiger partial charge in [-0.15, -0.1) is 0 Å². The van der Waals surface area contributed by atoms with Crippen LogP contribution in [0, 0.1) is 0 Å². The van der Waals surface area contributed by atoms with Gasteiger partial charge in [0.05, 0.1) is 0 Å². The van der Waals surface area contributed by atoms with E-state index >= 15 is 0 Å². The van der Waals surface area contributed by atoms with Gasteiger partial charge in [0, 0.05) is 15.7 Å². The number of nitrogens with one attached hydrogen (secondary N) is 1. The molecule has 6 heteroatoms. The number of nitrogen functional groups attached to an aromatic ring is 1. The Kier molecular flexibility index (Phi) is 3.77. The number of hydrogen-bond acceptors (Lipinski definition) is 3. The summed E-state index contributed by atoms with van der Waals surface area (Å²) in [4.78, 5) is 22.9. The minimum absolute atomic E-state index is 0.380. The molecule has 0 unspecified atom stereocenters. The average Bonchev–Trinajstić information content (AvgIpc) is 2.21. The lowest BCUT2D eigenvalue weighted by molar-refractivity contribution is -0.122. The van der Waals surface area contributed by atoms with Crippen LogP contribution in [0.4, 0.5) is 5.69 Å². The smallest absolute Gasteiger partial charge is 0.252 e. The van der Waals surface area contributed by atoms with Gasteiger partial charge >= 0.3 is 0 Å². The van der Waals surface area contributed by atoms with Gasteiger partial charge in [0.2, 0.25) is 5.91 Å². The van der Waals surface area contributed by atoms with E-state index in [2.05, 4.69) is 21.2 Å². The maximum absolute atomic E-state index is 11.8. The highest BCUT2D eigenvalue weighted by molar-refractivity contribution is 9.10. The zero-order valence-electron chi connectivity index (χ0n) is 9.58. The topological polar surface area (TPSA) is 98.2 Å². The quantitative estimate of drug-likeness (QED) is 0.727. The molecule has 0 bridgehead atoms. The zero-order chi connectivity index (χ0) is 13.2. The lowest BCUT2D eigenvalue weighted by Crippen LogP contribution is -2.53. The van der Waals surface area contributed by atoms with E-state index in [0.717, 1.165) is 0 Å². The number of carbonyl (C=O) groups excluding carboxylic acids is 2. The molecular weight excluding hydrogens is 286 g/mol. The molecule has 5 nitrogen and oxygen atoms in total. The largest absolute Gasteiger partial charge is 0.398 e. The number of halogens is 1. The van der Waals surface area contributed by atoms with Crippen molar-refractivity contribution < 1.29 is 9.59 Å².